The van der Waals surface area contributed by atoms with Crippen LogP contribution in [0.5, 0.6) is 0 Å². The molecule has 2 aliphatic rings. The highest BCUT2D eigenvalue weighted by atomic mass is 35.5. The summed E-state index contributed by atoms with van der Waals surface area (Å²) in [5.74, 6) is 0.505. The Labute approximate surface area is 174 Å². The lowest BCUT2D eigenvalue weighted by atomic mass is 9.96. The van der Waals surface area contributed by atoms with Crippen LogP contribution in [0.4, 0.5) is 0 Å². The molecule has 2 saturated heterocycles. The van der Waals surface area contributed by atoms with Crippen molar-refractivity contribution in [3.63, 3.8) is 0 Å². The lowest BCUT2D eigenvalue weighted by Crippen LogP contribution is -2.39. The number of likely N-dealkylation sites (tertiary alicyclic amines) is 1. The number of nitrogens with zero attached hydrogens (tertiary/aromatic N) is 4. The third kappa shape index (κ3) is 6.31. The van der Waals surface area contributed by atoms with Gasteiger partial charge in [-0.3, -0.25) is 4.79 Å². The summed E-state index contributed by atoms with van der Waals surface area (Å²) in [7, 11) is 0. The second-order valence-electron chi connectivity index (χ2n) is 7.44. The number of carbonyl (C=O) groups is 1. The maximum absolute atomic E-state index is 12.5. The van der Waals surface area contributed by atoms with Crippen LogP contribution in [0.2, 0.25) is 0 Å². The van der Waals surface area contributed by atoms with Crippen LogP contribution in [0.15, 0.2) is 0 Å². The van der Waals surface area contributed by atoms with Crippen molar-refractivity contribution >= 4 is 30.7 Å². The van der Waals surface area contributed by atoms with Gasteiger partial charge >= 0.3 is 0 Å². The van der Waals surface area contributed by atoms with E-state index >= 15 is 0 Å². The zero-order valence-electron chi connectivity index (χ0n) is 16.4. The van der Waals surface area contributed by atoms with E-state index < -0.39 is 0 Å². The molecule has 156 valence electrons. The van der Waals surface area contributed by atoms with Crippen molar-refractivity contribution < 1.29 is 4.79 Å². The molecule has 2 aliphatic heterocycles. The summed E-state index contributed by atoms with van der Waals surface area (Å²) in [6.07, 6.45) is 5.64. The molecule has 9 heteroatoms. The summed E-state index contributed by atoms with van der Waals surface area (Å²) in [4.78, 5) is 15.0. The number of aromatic nitrogens is 3. The van der Waals surface area contributed by atoms with Crippen molar-refractivity contribution in [1.82, 2.24) is 30.5 Å². The molecule has 0 unspecified atom stereocenters. The van der Waals surface area contributed by atoms with Gasteiger partial charge in [0.1, 0.15) is 0 Å². The highest BCUT2D eigenvalue weighted by Gasteiger charge is 2.24. The monoisotopic (exact) mass is 420 g/mol. The van der Waals surface area contributed by atoms with Gasteiger partial charge in [-0.05, 0) is 77.7 Å². The van der Waals surface area contributed by atoms with E-state index in [4.69, 9.17) is 0 Å². The number of amides is 1. The Bertz CT molecular complexity index is 568. The third-order valence-corrected chi connectivity index (χ3v) is 5.60. The zero-order chi connectivity index (χ0) is 17.6. The molecular weight excluding hydrogens is 387 g/mol. The highest BCUT2D eigenvalue weighted by Crippen LogP contribution is 2.20. The molecule has 1 aromatic heterocycles. The summed E-state index contributed by atoms with van der Waals surface area (Å²) in [5.41, 5.74) is 1.38. The fourth-order valence-electron chi connectivity index (χ4n) is 4.00. The zero-order valence-corrected chi connectivity index (χ0v) is 18.1. The standard InChI is InChI=1S/C18H32N6O.2ClH/c1-3-10-23-11-6-15(7-12-23)13-20-18(25)17-14(2)24(22-21-17)16-4-8-19-9-5-16;;/h15-16,19H,3-13H2,1-2H3,(H,20,25);2*1H. The molecule has 2 fully saturated rings. The van der Waals surface area contributed by atoms with E-state index in [2.05, 4.69) is 32.8 Å². The number of nitrogens with one attached hydrogen (secondary N) is 2. The first-order valence-corrected chi connectivity index (χ1v) is 9.82. The molecule has 27 heavy (non-hydrogen) atoms. The van der Waals surface area contributed by atoms with E-state index in [-0.39, 0.29) is 30.7 Å². The maximum Gasteiger partial charge on any atom is 0.273 e. The van der Waals surface area contributed by atoms with E-state index in [1.807, 2.05) is 11.6 Å². The molecule has 3 heterocycles. The van der Waals surface area contributed by atoms with Crippen LogP contribution in [-0.2, 0) is 0 Å². The third-order valence-electron chi connectivity index (χ3n) is 5.60. The SMILES string of the molecule is CCCN1CCC(CNC(=O)c2nnn(C3CCNCC3)c2C)CC1.Cl.Cl. The molecule has 0 aliphatic carbocycles. The fraction of sp³-hybridized carbons (Fsp3) is 0.833. The lowest BCUT2D eigenvalue weighted by molar-refractivity contribution is 0.0930. The summed E-state index contributed by atoms with van der Waals surface area (Å²) < 4.78 is 1.94. The minimum Gasteiger partial charge on any atom is -0.350 e. The largest absolute Gasteiger partial charge is 0.350 e. The molecular formula is C18H34Cl2N6O. The summed E-state index contributed by atoms with van der Waals surface area (Å²) in [6, 6.07) is 0.359. The van der Waals surface area contributed by atoms with Crippen LogP contribution in [0.25, 0.3) is 0 Å². The van der Waals surface area contributed by atoms with Crippen LogP contribution >= 0.6 is 24.8 Å². The minimum atomic E-state index is -0.0753. The number of halogens is 2. The van der Waals surface area contributed by atoms with Crippen LogP contribution < -0.4 is 10.6 Å². The summed E-state index contributed by atoms with van der Waals surface area (Å²) in [6.45, 7) is 10.4. The predicted molar refractivity (Wildman–Crippen MR) is 112 cm³/mol. The van der Waals surface area contributed by atoms with Gasteiger partial charge < -0.3 is 15.5 Å². The quantitative estimate of drug-likeness (QED) is 0.737. The smallest absolute Gasteiger partial charge is 0.273 e. The molecule has 3 rings (SSSR count). The molecule has 0 radical (unpaired) electrons. The van der Waals surface area contributed by atoms with Gasteiger partial charge in [-0.1, -0.05) is 12.1 Å². The van der Waals surface area contributed by atoms with Gasteiger partial charge in [0.15, 0.2) is 5.69 Å². The Morgan fingerprint density at radius 1 is 1.19 bits per heavy atom. The van der Waals surface area contributed by atoms with E-state index in [1.165, 1.54) is 25.8 Å². The first kappa shape index (κ1) is 24.1. The Kier molecular flexibility index (Phi) is 10.6. The Hall–Kier alpha value is -0.890. The Balaban J connectivity index is 0.00000182. The van der Waals surface area contributed by atoms with Gasteiger partial charge in [-0.25, -0.2) is 4.68 Å². The molecule has 7 nitrogen and oxygen atoms in total. The first-order chi connectivity index (χ1) is 12.2. The normalized spacial score (nSPS) is 19.2. The van der Waals surface area contributed by atoms with Crippen molar-refractivity contribution in [3.8, 4) is 0 Å². The molecule has 1 amide bonds. The number of hydrogen-bond donors (Lipinski definition) is 2. The number of piperidine rings is 2. The topological polar surface area (TPSA) is 75.1 Å². The van der Waals surface area contributed by atoms with Gasteiger partial charge in [0.25, 0.3) is 5.91 Å². The molecule has 0 aromatic carbocycles. The highest BCUT2D eigenvalue weighted by molar-refractivity contribution is 5.93. The van der Waals surface area contributed by atoms with Crippen LogP contribution in [0.3, 0.4) is 0 Å². The maximum atomic E-state index is 12.5. The van der Waals surface area contributed by atoms with Gasteiger partial charge in [0.2, 0.25) is 0 Å². The van der Waals surface area contributed by atoms with Gasteiger partial charge in [-0.15, -0.1) is 29.9 Å². The van der Waals surface area contributed by atoms with Crippen molar-refractivity contribution in [2.75, 3.05) is 39.3 Å². The van der Waals surface area contributed by atoms with Gasteiger partial charge in [0, 0.05) is 6.54 Å². The minimum absolute atomic E-state index is 0. The van der Waals surface area contributed by atoms with Gasteiger partial charge in [0.05, 0.1) is 11.7 Å². The van der Waals surface area contributed by atoms with Crippen molar-refractivity contribution in [2.45, 2.75) is 52.0 Å². The number of rotatable bonds is 6. The average molecular weight is 421 g/mol. The number of carbonyl (C=O) groups excluding carboxylic acids is 1. The lowest BCUT2D eigenvalue weighted by Gasteiger charge is -2.31. The van der Waals surface area contributed by atoms with Crippen molar-refractivity contribution in [1.29, 1.82) is 0 Å². The molecule has 0 spiro atoms. The van der Waals surface area contributed by atoms with E-state index in [9.17, 15) is 4.79 Å². The predicted octanol–water partition coefficient (Wildman–Crippen LogP) is 2.21. The van der Waals surface area contributed by atoms with Crippen molar-refractivity contribution in [2.24, 2.45) is 5.92 Å². The van der Waals surface area contributed by atoms with Crippen LogP contribution in [0.1, 0.15) is 61.3 Å². The second kappa shape index (κ2) is 11.8. The number of hydrogen-bond acceptors (Lipinski definition) is 5. The van der Waals surface area contributed by atoms with E-state index in [0.717, 1.165) is 51.3 Å². The van der Waals surface area contributed by atoms with E-state index in [1.54, 1.807) is 0 Å². The van der Waals surface area contributed by atoms with Crippen molar-refractivity contribution in [3.05, 3.63) is 11.4 Å². The van der Waals surface area contributed by atoms with E-state index in [0.29, 0.717) is 17.7 Å². The Morgan fingerprint density at radius 3 is 2.48 bits per heavy atom. The molecule has 0 bridgehead atoms. The molecule has 1 aromatic rings. The average Bonchev–Trinajstić information content (AvgIpc) is 3.03. The van der Waals surface area contributed by atoms with Crippen LogP contribution in [-0.4, -0.2) is 65.1 Å². The molecule has 2 N–H and O–H groups in total. The molecule has 0 saturated carbocycles. The fourth-order valence-corrected chi connectivity index (χ4v) is 4.00. The summed E-state index contributed by atoms with van der Waals surface area (Å²) >= 11 is 0. The second-order valence-corrected chi connectivity index (χ2v) is 7.44. The van der Waals surface area contributed by atoms with Crippen LogP contribution in [0, 0.1) is 12.8 Å². The molecule has 0 atom stereocenters. The van der Waals surface area contributed by atoms with Gasteiger partial charge in [-0.2, -0.15) is 0 Å². The Morgan fingerprint density at radius 2 is 1.85 bits per heavy atom. The first-order valence-electron chi connectivity index (χ1n) is 9.82. The summed E-state index contributed by atoms with van der Waals surface area (Å²) in [5, 5.41) is 14.9.